The van der Waals surface area contributed by atoms with Gasteiger partial charge in [0, 0.05) is 4.70 Å². The molecule has 0 aliphatic rings. The first-order valence-electron chi connectivity index (χ1n) is 5.74. The zero-order chi connectivity index (χ0) is 14.0. The van der Waals surface area contributed by atoms with Crippen LogP contribution >= 0.6 is 11.3 Å². The normalized spacial score (nSPS) is 16.7. The summed E-state index contributed by atoms with van der Waals surface area (Å²) in [6, 6.07) is 4.96. The molecule has 0 aliphatic heterocycles. The van der Waals surface area contributed by atoms with Gasteiger partial charge in [0.05, 0.1) is 0 Å². The third-order valence-electron chi connectivity index (χ3n) is 3.24. The van der Waals surface area contributed by atoms with Crippen molar-refractivity contribution in [3.63, 3.8) is 0 Å². The number of nitrogens with one attached hydrogen (secondary N) is 1. The largest absolute Gasteiger partial charge is 0.381 e. The number of benzene rings is 1. The molecule has 0 bridgehead atoms. The van der Waals surface area contributed by atoms with E-state index in [1.54, 1.807) is 12.1 Å². The average Bonchev–Trinajstić information content (AvgIpc) is 2.85. The van der Waals surface area contributed by atoms with E-state index in [0.29, 0.717) is 0 Å². The summed E-state index contributed by atoms with van der Waals surface area (Å²) in [7, 11) is 1.28. The lowest BCUT2D eigenvalue weighted by Crippen LogP contribution is -2.53. The van der Waals surface area contributed by atoms with Gasteiger partial charge in [0.15, 0.2) is 0 Å². The Kier molecular flexibility index (Phi) is 4.13. The molecular formula is C13H14F3NOS. The van der Waals surface area contributed by atoms with Crippen LogP contribution in [0.4, 0.5) is 13.2 Å². The Morgan fingerprint density at radius 1 is 1.37 bits per heavy atom. The van der Waals surface area contributed by atoms with Gasteiger partial charge in [-0.2, -0.15) is 0 Å². The van der Waals surface area contributed by atoms with Gasteiger partial charge in [-0.25, -0.2) is 13.2 Å². The van der Waals surface area contributed by atoms with Gasteiger partial charge in [0.1, 0.15) is 18.3 Å². The van der Waals surface area contributed by atoms with Gasteiger partial charge in [-0.05, 0) is 35.5 Å². The van der Waals surface area contributed by atoms with Crippen LogP contribution in [0.3, 0.4) is 0 Å². The van der Waals surface area contributed by atoms with Gasteiger partial charge >= 0.3 is 0 Å². The Labute approximate surface area is 112 Å². The standard InChI is InChI=1S/C13H14F3NOS/c1-17-11(12(15)16)13(18,7-14)9-3-2-8-4-5-19-10(8)6-9/h2-6,11-12,17-18H,7H2,1H3. The molecule has 19 heavy (non-hydrogen) atoms. The number of aliphatic hydroxyl groups is 1. The molecule has 0 amide bonds. The zero-order valence-corrected chi connectivity index (χ0v) is 11.1. The molecule has 6 heteroatoms. The highest BCUT2D eigenvalue weighted by molar-refractivity contribution is 7.17. The van der Waals surface area contributed by atoms with Gasteiger partial charge < -0.3 is 10.4 Å². The Morgan fingerprint density at radius 3 is 2.68 bits per heavy atom. The van der Waals surface area contributed by atoms with Gasteiger partial charge in [0.2, 0.25) is 0 Å². The smallest absolute Gasteiger partial charge is 0.256 e. The molecule has 0 saturated heterocycles. The molecule has 0 saturated carbocycles. The van der Waals surface area contributed by atoms with Crippen LogP contribution in [-0.4, -0.2) is 31.3 Å². The maximum Gasteiger partial charge on any atom is 0.256 e. The highest BCUT2D eigenvalue weighted by Crippen LogP contribution is 2.32. The molecule has 0 fully saturated rings. The van der Waals surface area contributed by atoms with E-state index in [4.69, 9.17) is 0 Å². The highest BCUT2D eigenvalue weighted by atomic mass is 32.1. The summed E-state index contributed by atoms with van der Waals surface area (Å²) in [4.78, 5) is 0. The van der Waals surface area contributed by atoms with Crippen molar-refractivity contribution in [2.45, 2.75) is 18.1 Å². The summed E-state index contributed by atoms with van der Waals surface area (Å²) in [5, 5.41) is 15.4. The lowest BCUT2D eigenvalue weighted by Gasteiger charge is -2.33. The number of hydrogen-bond acceptors (Lipinski definition) is 3. The lowest BCUT2D eigenvalue weighted by molar-refractivity contribution is -0.0748. The molecule has 1 aromatic heterocycles. The first kappa shape index (κ1) is 14.3. The zero-order valence-electron chi connectivity index (χ0n) is 10.2. The third-order valence-corrected chi connectivity index (χ3v) is 4.12. The topological polar surface area (TPSA) is 32.3 Å². The number of thiophene rings is 1. The number of hydrogen-bond donors (Lipinski definition) is 2. The Balaban J connectivity index is 2.49. The summed E-state index contributed by atoms with van der Waals surface area (Å²) in [6.45, 7) is -1.28. The highest BCUT2D eigenvalue weighted by Gasteiger charge is 2.43. The predicted octanol–water partition coefficient (Wildman–Crippen LogP) is 2.91. The van der Waals surface area contributed by atoms with Crippen LogP contribution in [0.5, 0.6) is 0 Å². The van der Waals surface area contributed by atoms with Crippen LogP contribution < -0.4 is 5.32 Å². The summed E-state index contributed by atoms with van der Waals surface area (Å²) in [6.07, 6.45) is -2.87. The average molecular weight is 289 g/mol. The van der Waals surface area contributed by atoms with E-state index in [0.717, 1.165) is 10.1 Å². The summed E-state index contributed by atoms with van der Waals surface area (Å²) in [5.74, 6) is 0. The van der Waals surface area contributed by atoms with Crippen LogP contribution in [0.1, 0.15) is 5.56 Å². The van der Waals surface area contributed by atoms with Gasteiger partial charge in [0.25, 0.3) is 6.43 Å². The number of likely N-dealkylation sites (N-methyl/N-ethyl adjacent to an activating group) is 1. The summed E-state index contributed by atoms with van der Waals surface area (Å²) >= 11 is 1.41. The molecule has 0 aliphatic carbocycles. The van der Waals surface area contributed by atoms with Crippen molar-refractivity contribution in [2.75, 3.05) is 13.7 Å². The Morgan fingerprint density at radius 2 is 2.11 bits per heavy atom. The van der Waals surface area contributed by atoms with Crippen molar-refractivity contribution in [1.82, 2.24) is 5.32 Å². The molecule has 2 N–H and O–H groups in total. The third kappa shape index (κ3) is 2.48. The monoisotopic (exact) mass is 289 g/mol. The molecule has 0 spiro atoms. The molecule has 2 rings (SSSR count). The fraction of sp³-hybridized carbons (Fsp3) is 0.385. The molecule has 2 atom stereocenters. The van der Waals surface area contributed by atoms with E-state index >= 15 is 0 Å². The fourth-order valence-corrected chi connectivity index (χ4v) is 2.97. The maximum absolute atomic E-state index is 13.2. The van der Waals surface area contributed by atoms with E-state index in [-0.39, 0.29) is 5.56 Å². The second-order valence-electron chi connectivity index (χ2n) is 4.33. The van der Waals surface area contributed by atoms with Crippen molar-refractivity contribution in [3.8, 4) is 0 Å². The van der Waals surface area contributed by atoms with E-state index in [1.165, 1.54) is 24.5 Å². The van der Waals surface area contributed by atoms with Crippen molar-refractivity contribution < 1.29 is 18.3 Å². The molecule has 1 heterocycles. The second-order valence-corrected chi connectivity index (χ2v) is 5.28. The number of rotatable bonds is 5. The first-order valence-corrected chi connectivity index (χ1v) is 6.62. The SMILES string of the molecule is CNC(C(F)F)C(O)(CF)c1ccc2ccsc2c1. The minimum absolute atomic E-state index is 0.157. The Bertz CT molecular complexity index is 560. The minimum Gasteiger partial charge on any atom is -0.381 e. The molecule has 2 unspecified atom stereocenters. The van der Waals surface area contributed by atoms with Crippen LogP contribution in [0.2, 0.25) is 0 Å². The lowest BCUT2D eigenvalue weighted by atomic mass is 9.87. The molecule has 2 aromatic rings. The fourth-order valence-electron chi connectivity index (χ4n) is 2.14. The van der Waals surface area contributed by atoms with E-state index < -0.39 is 24.7 Å². The second kappa shape index (κ2) is 5.48. The quantitative estimate of drug-likeness (QED) is 0.887. The van der Waals surface area contributed by atoms with Gasteiger partial charge in [-0.3, -0.25) is 0 Å². The predicted molar refractivity (Wildman–Crippen MR) is 70.5 cm³/mol. The minimum atomic E-state index is -2.87. The first-order chi connectivity index (χ1) is 9.02. The van der Waals surface area contributed by atoms with Gasteiger partial charge in [-0.1, -0.05) is 12.1 Å². The van der Waals surface area contributed by atoms with Crippen LogP contribution in [0.25, 0.3) is 10.1 Å². The van der Waals surface area contributed by atoms with E-state index in [9.17, 15) is 18.3 Å². The number of fused-ring (bicyclic) bond motifs is 1. The van der Waals surface area contributed by atoms with Crippen LogP contribution in [-0.2, 0) is 5.60 Å². The van der Waals surface area contributed by atoms with Gasteiger partial charge in [-0.15, -0.1) is 11.3 Å². The van der Waals surface area contributed by atoms with Crippen LogP contribution in [0, 0.1) is 0 Å². The maximum atomic E-state index is 13.2. The van der Waals surface area contributed by atoms with E-state index in [1.807, 2.05) is 11.4 Å². The van der Waals surface area contributed by atoms with Crippen molar-refractivity contribution in [1.29, 1.82) is 0 Å². The van der Waals surface area contributed by atoms with Crippen LogP contribution in [0.15, 0.2) is 29.6 Å². The molecule has 1 aromatic carbocycles. The number of halogens is 3. The molecule has 104 valence electrons. The van der Waals surface area contributed by atoms with Crippen molar-refractivity contribution in [3.05, 3.63) is 35.2 Å². The summed E-state index contributed by atoms with van der Waals surface area (Å²) < 4.78 is 39.9. The Hall–Kier alpha value is -1.11. The molecule has 0 radical (unpaired) electrons. The van der Waals surface area contributed by atoms with E-state index in [2.05, 4.69) is 5.32 Å². The van der Waals surface area contributed by atoms with Crippen molar-refractivity contribution >= 4 is 21.4 Å². The molecule has 2 nitrogen and oxygen atoms in total. The number of alkyl halides is 3. The summed E-state index contributed by atoms with van der Waals surface area (Å²) in [5.41, 5.74) is -2.08. The van der Waals surface area contributed by atoms with Crippen molar-refractivity contribution in [2.24, 2.45) is 0 Å². The molecular weight excluding hydrogens is 275 g/mol.